The van der Waals surface area contributed by atoms with Crippen LogP contribution < -0.4 is 10.6 Å². The van der Waals surface area contributed by atoms with E-state index in [9.17, 15) is 19.3 Å². The fraction of sp³-hybridized carbons (Fsp3) is 0. The zero-order chi connectivity index (χ0) is 17.9. The number of anilines is 1. The zero-order valence-corrected chi connectivity index (χ0v) is 15.4. The lowest BCUT2D eigenvalue weighted by Crippen LogP contribution is -2.34. The number of non-ortho nitro benzene ring substituents is 1. The van der Waals surface area contributed by atoms with E-state index in [1.165, 1.54) is 0 Å². The fourth-order valence-electron chi connectivity index (χ4n) is 1.72. The van der Waals surface area contributed by atoms with Crippen molar-refractivity contribution in [3.8, 4) is 0 Å². The number of carbonyl (C=O) groups is 1. The zero-order valence-electron chi connectivity index (χ0n) is 11.7. The van der Waals surface area contributed by atoms with Crippen LogP contribution in [0, 0.1) is 19.5 Å². The van der Waals surface area contributed by atoms with Gasteiger partial charge in [-0.3, -0.25) is 20.2 Å². The average Bonchev–Trinajstić information content (AvgIpc) is 2.51. The quantitative estimate of drug-likeness (QED) is 0.299. The van der Waals surface area contributed by atoms with Gasteiger partial charge < -0.3 is 5.32 Å². The Bertz CT molecular complexity index is 850. The number of nitrogens with zero attached hydrogens (tertiary/aromatic N) is 1. The molecule has 0 unspecified atom stereocenters. The number of nitrogens with one attached hydrogen (secondary N) is 2. The molecule has 0 aliphatic carbocycles. The molecule has 1 amide bonds. The van der Waals surface area contributed by atoms with Crippen LogP contribution in [0.5, 0.6) is 0 Å². The Morgan fingerprint density at radius 1 is 1.29 bits per heavy atom. The van der Waals surface area contributed by atoms with Crippen LogP contribution in [0.1, 0.15) is 10.4 Å². The maximum Gasteiger partial charge on any atom is 0.271 e. The molecule has 2 N–H and O–H groups in total. The predicted molar refractivity (Wildman–Crippen MR) is 101 cm³/mol. The van der Waals surface area contributed by atoms with E-state index in [0.29, 0.717) is 0 Å². The van der Waals surface area contributed by atoms with E-state index in [4.69, 9.17) is 23.8 Å². The van der Waals surface area contributed by atoms with E-state index in [1.807, 2.05) is 22.6 Å². The Morgan fingerprint density at radius 2 is 2.00 bits per heavy atom. The second-order valence-electron chi connectivity index (χ2n) is 4.45. The first-order valence-corrected chi connectivity index (χ1v) is 8.15. The molecule has 10 heteroatoms. The molecule has 0 fully saturated rings. The molecule has 0 aromatic heterocycles. The van der Waals surface area contributed by atoms with Crippen molar-refractivity contribution in [3.05, 3.63) is 66.5 Å². The Kier molecular flexibility index (Phi) is 6.02. The minimum atomic E-state index is -0.746. The molecule has 124 valence electrons. The molecule has 0 aliphatic heterocycles. The molecule has 0 radical (unpaired) electrons. The largest absolute Gasteiger partial charge is 0.330 e. The van der Waals surface area contributed by atoms with Crippen LogP contribution in [0.15, 0.2) is 36.4 Å². The molecule has 0 heterocycles. The van der Waals surface area contributed by atoms with Gasteiger partial charge in [0.25, 0.3) is 11.6 Å². The van der Waals surface area contributed by atoms with Crippen LogP contribution in [0.3, 0.4) is 0 Å². The summed E-state index contributed by atoms with van der Waals surface area (Å²) in [5, 5.41) is 15.5. The van der Waals surface area contributed by atoms with Gasteiger partial charge in [0.2, 0.25) is 0 Å². The normalized spacial score (nSPS) is 10.1. The van der Waals surface area contributed by atoms with Crippen LogP contribution in [0.2, 0.25) is 5.02 Å². The maximum atomic E-state index is 13.7. The van der Waals surface area contributed by atoms with Gasteiger partial charge in [0.1, 0.15) is 5.82 Å². The van der Waals surface area contributed by atoms with Crippen molar-refractivity contribution in [1.29, 1.82) is 0 Å². The van der Waals surface area contributed by atoms with Gasteiger partial charge in [0.15, 0.2) is 5.11 Å². The van der Waals surface area contributed by atoms with E-state index in [1.54, 1.807) is 18.2 Å². The van der Waals surface area contributed by atoms with E-state index in [2.05, 4.69) is 10.6 Å². The summed E-state index contributed by atoms with van der Waals surface area (Å²) < 4.78 is 14.5. The minimum absolute atomic E-state index is 0.201. The Labute approximate surface area is 159 Å². The van der Waals surface area contributed by atoms with Gasteiger partial charge in [0.05, 0.1) is 21.2 Å². The summed E-state index contributed by atoms with van der Waals surface area (Å²) in [6, 6.07) is 7.79. The summed E-state index contributed by atoms with van der Waals surface area (Å²) in [5.41, 5.74) is -0.329. The van der Waals surface area contributed by atoms with Gasteiger partial charge >= 0.3 is 0 Å². The molecule has 0 aliphatic rings. The van der Waals surface area contributed by atoms with Crippen molar-refractivity contribution < 1.29 is 14.1 Å². The van der Waals surface area contributed by atoms with Gasteiger partial charge in [-0.2, -0.15) is 0 Å². The summed E-state index contributed by atoms with van der Waals surface area (Å²) in [7, 11) is 0. The summed E-state index contributed by atoms with van der Waals surface area (Å²) >= 11 is 12.9. The van der Waals surface area contributed by atoms with Crippen molar-refractivity contribution in [2.24, 2.45) is 0 Å². The molecule has 0 saturated heterocycles. The van der Waals surface area contributed by atoms with Crippen LogP contribution in [-0.2, 0) is 0 Å². The highest BCUT2D eigenvalue weighted by molar-refractivity contribution is 14.1. The smallest absolute Gasteiger partial charge is 0.271 e. The molecule has 0 spiro atoms. The summed E-state index contributed by atoms with van der Waals surface area (Å²) in [6.07, 6.45) is 0. The number of halogens is 3. The standard InChI is InChI=1S/C14H8ClFIN3O3S/c15-10-3-1-7(17)5-9(10)13(21)19-14(24)18-12-6-8(20(22)23)2-4-11(12)16/h1-6H,(H2,18,19,21,24). The minimum Gasteiger partial charge on any atom is -0.330 e. The van der Waals surface area contributed by atoms with Gasteiger partial charge in [-0.1, -0.05) is 11.6 Å². The Morgan fingerprint density at radius 3 is 2.67 bits per heavy atom. The molecule has 2 aromatic rings. The van der Waals surface area contributed by atoms with E-state index in [0.717, 1.165) is 21.8 Å². The number of hydrogen-bond donors (Lipinski definition) is 2. The molecular formula is C14H8ClFIN3O3S. The first-order valence-electron chi connectivity index (χ1n) is 6.29. The predicted octanol–water partition coefficient (Wildman–Crippen LogP) is 4.12. The highest BCUT2D eigenvalue weighted by atomic mass is 127. The first kappa shape index (κ1) is 18.5. The van der Waals surface area contributed by atoms with Crippen molar-refractivity contribution in [1.82, 2.24) is 5.32 Å². The van der Waals surface area contributed by atoms with Crippen LogP contribution in [0.4, 0.5) is 15.8 Å². The lowest BCUT2D eigenvalue weighted by Gasteiger charge is -2.11. The molecule has 24 heavy (non-hydrogen) atoms. The van der Waals surface area contributed by atoms with E-state index >= 15 is 0 Å². The molecule has 0 saturated carbocycles. The monoisotopic (exact) mass is 479 g/mol. The van der Waals surface area contributed by atoms with E-state index in [-0.39, 0.29) is 27.1 Å². The highest BCUT2D eigenvalue weighted by Gasteiger charge is 2.15. The maximum absolute atomic E-state index is 13.7. The lowest BCUT2D eigenvalue weighted by molar-refractivity contribution is -0.384. The highest BCUT2D eigenvalue weighted by Crippen LogP contribution is 2.22. The van der Waals surface area contributed by atoms with Gasteiger partial charge in [-0.25, -0.2) is 4.39 Å². The molecule has 0 atom stereocenters. The Balaban J connectivity index is 2.13. The topological polar surface area (TPSA) is 84.3 Å². The third-order valence-electron chi connectivity index (χ3n) is 2.81. The van der Waals surface area contributed by atoms with Gasteiger partial charge in [-0.15, -0.1) is 0 Å². The molecule has 2 rings (SSSR count). The fourth-order valence-corrected chi connectivity index (χ4v) is 2.62. The van der Waals surface area contributed by atoms with Crippen LogP contribution in [0.25, 0.3) is 0 Å². The molecular weight excluding hydrogens is 472 g/mol. The second kappa shape index (κ2) is 7.81. The Hall–Kier alpha value is -1.85. The third kappa shape index (κ3) is 4.58. The number of thiocarbonyl (C=S) groups is 1. The van der Waals surface area contributed by atoms with Crippen molar-refractivity contribution in [2.45, 2.75) is 0 Å². The first-order chi connectivity index (χ1) is 11.3. The number of amides is 1. The lowest BCUT2D eigenvalue weighted by atomic mass is 10.2. The van der Waals surface area contributed by atoms with Crippen molar-refractivity contribution in [2.75, 3.05) is 5.32 Å². The summed E-state index contributed by atoms with van der Waals surface area (Å²) in [4.78, 5) is 22.2. The van der Waals surface area contributed by atoms with Crippen LogP contribution in [-0.4, -0.2) is 15.9 Å². The van der Waals surface area contributed by atoms with E-state index < -0.39 is 16.6 Å². The molecule has 2 aromatic carbocycles. The van der Waals surface area contributed by atoms with Gasteiger partial charge in [-0.05, 0) is 59.1 Å². The van der Waals surface area contributed by atoms with Crippen molar-refractivity contribution >= 4 is 68.8 Å². The van der Waals surface area contributed by atoms with Crippen molar-refractivity contribution in [3.63, 3.8) is 0 Å². The summed E-state index contributed by atoms with van der Waals surface area (Å²) in [6.45, 7) is 0. The molecule has 0 bridgehead atoms. The number of carbonyl (C=O) groups excluding carboxylic acids is 1. The number of benzene rings is 2. The van der Waals surface area contributed by atoms with Crippen LogP contribution >= 0.6 is 46.4 Å². The van der Waals surface area contributed by atoms with Gasteiger partial charge in [0, 0.05) is 15.7 Å². The average molecular weight is 480 g/mol. The second-order valence-corrected chi connectivity index (χ2v) is 6.51. The number of nitro benzene ring substituents is 1. The number of rotatable bonds is 3. The third-order valence-corrected chi connectivity index (χ3v) is 4.01. The number of hydrogen-bond acceptors (Lipinski definition) is 4. The SMILES string of the molecule is O=C(NC(=S)Nc1cc([N+](=O)[O-])ccc1F)c1cc(I)ccc1Cl. The summed E-state index contributed by atoms with van der Waals surface area (Å²) in [5.74, 6) is -1.33. The number of nitro groups is 1. The molecule has 6 nitrogen and oxygen atoms in total.